The minimum absolute atomic E-state index is 0.0295. The van der Waals surface area contributed by atoms with Crippen LogP contribution in [0.2, 0.25) is 5.02 Å². The lowest BCUT2D eigenvalue weighted by Gasteiger charge is -2.12. The predicted octanol–water partition coefficient (Wildman–Crippen LogP) is 6.68. The highest BCUT2D eigenvalue weighted by atomic mass is 35.5. The number of fused-ring (bicyclic) bond motifs is 1. The van der Waals surface area contributed by atoms with Crippen molar-refractivity contribution in [2.75, 3.05) is 12.4 Å². The first-order chi connectivity index (χ1) is 17.6. The molecule has 190 valence electrons. The number of nitrogens with zero attached hydrogens (tertiary/aromatic N) is 2. The number of benzene rings is 4. The van der Waals surface area contributed by atoms with Crippen LogP contribution in [-0.2, 0) is 16.5 Å². The summed E-state index contributed by atoms with van der Waals surface area (Å²) in [6.07, 6.45) is 0.281. The van der Waals surface area contributed by atoms with E-state index in [1.165, 1.54) is 13.2 Å². The number of aromatic hydroxyl groups is 1. The number of nitrogens with one attached hydrogen (secondary N) is 1. The van der Waals surface area contributed by atoms with E-state index >= 15 is 0 Å². The summed E-state index contributed by atoms with van der Waals surface area (Å²) in [5.41, 5.74) is 0.888. The summed E-state index contributed by atoms with van der Waals surface area (Å²) in [6, 6.07) is 17.8. The van der Waals surface area contributed by atoms with Gasteiger partial charge in [-0.2, -0.15) is 8.42 Å². The third-order valence-corrected chi connectivity index (χ3v) is 6.85. The van der Waals surface area contributed by atoms with Crippen LogP contribution in [0.3, 0.4) is 0 Å². The molecule has 0 aliphatic heterocycles. The van der Waals surface area contributed by atoms with Crippen LogP contribution in [0.15, 0.2) is 81.9 Å². The zero-order valence-corrected chi connectivity index (χ0v) is 21.3. The standard InChI is InChI=1S/C26H22ClN3O6S/c1-3-15-12-22(21(27)14-23(15)37(33,34)35)29-30-24-19-10-5-4-7-16(19)11-20(25(24)31)26(32)28-17-8-6-9-18(13-17)36-2/h4-14,31H,3H2,1-2H3,(H,28,32)(H,33,34,35). The average Bonchev–Trinajstić information content (AvgIpc) is 2.87. The van der Waals surface area contributed by atoms with Crippen LogP contribution in [0, 0.1) is 0 Å². The van der Waals surface area contributed by atoms with Crippen LogP contribution in [0.1, 0.15) is 22.8 Å². The van der Waals surface area contributed by atoms with Crippen molar-refractivity contribution in [2.24, 2.45) is 10.2 Å². The van der Waals surface area contributed by atoms with E-state index in [-0.39, 0.29) is 33.3 Å². The van der Waals surface area contributed by atoms with E-state index in [1.54, 1.807) is 61.5 Å². The molecule has 0 saturated heterocycles. The molecule has 11 heteroatoms. The fraction of sp³-hybridized carbons (Fsp3) is 0.115. The number of ether oxygens (including phenoxy) is 1. The summed E-state index contributed by atoms with van der Waals surface area (Å²) in [7, 11) is -2.97. The number of aryl methyl sites for hydroxylation is 1. The van der Waals surface area contributed by atoms with Crippen LogP contribution in [-0.4, -0.2) is 31.1 Å². The van der Waals surface area contributed by atoms with E-state index in [0.717, 1.165) is 6.07 Å². The Morgan fingerprint density at radius 1 is 1.05 bits per heavy atom. The largest absolute Gasteiger partial charge is 0.505 e. The molecule has 1 amide bonds. The number of methoxy groups -OCH3 is 1. The number of phenolic OH excluding ortho intramolecular Hbond substituents is 1. The van der Waals surface area contributed by atoms with Gasteiger partial charge in [0.25, 0.3) is 16.0 Å². The maximum absolute atomic E-state index is 13.1. The molecule has 0 aromatic heterocycles. The van der Waals surface area contributed by atoms with Gasteiger partial charge in [0.2, 0.25) is 0 Å². The highest BCUT2D eigenvalue weighted by molar-refractivity contribution is 7.85. The van der Waals surface area contributed by atoms with Crippen molar-refractivity contribution in [1.82, 2.24) is 0 Å². The molecule has 0 aliphatic carbocycles. The van der Waals surface area contributed by atoms with E-state index in [9.17, 15) is 22.9 Å². The Labute approximate surface area is 218 Å². The molecule has 9 nitrogen and oxygen atoms in total. The minimum Gasteiger partial charge on any atom is -0.505 e. The monoisotopic (exact) mass is 539 g/mol. The zero-order chi connectivity index (χ0) is 26.7. The molecule has 4 rings (SSSR count). The molecule has 3 N–H and O–H groups in total. The van der Waals surface area contributed by atoms with Gasteiger partial charge in [-0.1, -0.05) is 48.9 Å². The Morgan fingerprint density at radius 3 is 2.51 bits per heavy atom. The second-order valence-corrected chi connectivity index (χ2v) is 9.77. The maximum atomic E-state index is 13.1. The Kier molecular flexibility index (Phi) is 7.44. The van der Waals surface area contributed by atoms with Crippen molar-refractivity contribution in [3.63, 3.8) is 0 Å². The maximum Gasteiger partial charge on any atom is 0.294 e. The molecule has 4 aromatic carbocycles. The van der Waals surface area contributed by atoms with E-state index < -0.39 is 21.8 Å². The first-order valence-corrected chi connectivity index (χ1v) is 12.9. The minimum atomic E-state index is -4.48. The molecule has 0 spiro atoms. The highest BCUT2D eigenvalue weighted by Gasteiger charge is 2.20. The van der Waals surface area contributed by atoms with Crippen molar-refractivity contribution in [1.29, 1.82) is 0 Å². The van der Waals surface area contributed by atoms with Crippen molar-refractivity contribution in [3.05, 3.63) is 82.9 Å². The lowest BCUT2D eigenvalue weighted by atomic mass is 10.0. The predicted molar refractivity (Wildman–Crippen MR) is 141 cm³/mol. The van der Waals surface area contributed by atoms with Gasteiger partial charge in [0.05, 0.1) is 22.6 Å². The Morgan fingerprint density at radius 2 is 1.81 bits per heavy atom. The van der Waals surface area contributed by atoms with E-state index in [2.05, 4.69) is 15.5 Å². The second kappa shape index (κ2) is 10.6. The molecular weight excluding hydrogens is 518 g/mol. The molecule has 0 bridgehead atoms. The summed E-state index contributed by atoms with van der Waals surface area (Å²) >= 11 is 6.22. The number of phenols is 1. The summed E-state index contributed by atoms with van der Waals surface area (Å²) in [6.45, 7) is 1.71. The third-order valence-electron chi connectivity index (χ3n) is 5.61. The van der Waals surface area contributed by atoms with Crippen LogP contribution in [0.5, 0.6) is 11.5 Å². The molecule has 0 fully saturated rings. The summed E-state index contributed by atoms with van der Waals surface area (Å²) in [4.78, 5) is 12.8. The quantitative estimate of drug-likeness (QED) is 0.177. The summed E-state index contributed by atoms with van der Waals surface area (Å²) in [5.74, 6) is -0.417. The number of halogens is 1. The smallest absolute Gasteiger partial charge is 0.294 e. The third kappa shape index (κ3) is 5.56. The van der Waals surface area contributed by atoms with Crippen molar-refractivity contribution >= 4 is 55.5 Å². The van der Waals surface area contributed by atoms with Gasteiger partial charge in [-0.25, -0.2) is 0 Å². The van der Waals surface area contributed by atoms with Crippen molar-refractivity contribution in [3.8, 4) is 11.5 Å². The SMILES string of the molecule is CCc1cc(N=Nc2c(O)c(C(=O)Nc3cccc(OC)c3)cc3ccccc23)c(Cl)cc1S(=O)(=O)O. The normalized spacial score (nSPS) is 11.7. The molecule has 0 aliphatic rings. The van der Waals surface area contributed by atoms with Crippen molar-refractivity contribution in [2.45, 2.75) is 18.2 Å². The second-order valence-electron chi connectivity index (χ2n) is 7.97. The molecule has 0 unspecified atom stereocenters. The van der Waals surface area contributed by atoms with Gasteiger partial charge in [0, 0.05) is 17.1 Å². The van der Waals surface area contributed by atoms with Crippen LogP contribution >= 0.6 is 11.6 Å². The van der Waals surface area contributed by atoms with E-state index in [1.807, 2.05) is 0 Å². The molecule has 0 saturated carbocycles. The zero-order valence-electron chi connectivity index (χ0n) is 19.8. The number of hydrogen-bond acceptors (Lipinski definition) is 7. The number of rotatable bonds is 7. The van der Waals surface area contributed by atoms with Gasteiger partial charge in [-0.05, 0) is 47.7 Å². The highest BCUT2D eigenvalue weighted by Crippen LogP contribution is 2.41. The number of anilines is 1. The first-order valence-electron chi connectivity index (χ1n) is 11.0. The number of carbonyl (C=O) groups excluding carboxylic acids is 1. The van der Waals surface area contributed by atoms with Crippen LogP contribution in [0.25, 0.3) is 10.8 Å². The van der Waals surface area contributed by atoms with E-state index in [4.69, 9.17) is 16.3 Å². The van der Waals surface area contributed by atoms with Gasteiger partial charge < -0.3 is 15.2 Å². The van der Waals surface area contributed by atoms with Gasteiger partial charge in [-0.15, -0.1) is 10.2 Å². The van der Waals surface area contributed by atoms with Crippen LogP contribution < -0.4 is 10.1 Å². The Hall–Kier alpha value is -3.99. The molecule has 4 aromatic rings. The number of hydrogen-bond donors (Lipinski definition) is 3. The topological polar surface area (TPSA) is 138 Å². The molecule has 0 heterocycles. The number of azo groups is 1. The van der Waals surface area contributed by atoms with Gasteiger partial charge in [0.1, 0.15) is 17.1 Å². The lowest BCUT2D eigenvalue weighted by Crippen LogP contribution is -2.12. The lowest BCUT2D eigenvalue weighted by molar-refractivity contribution is 0.102. The summed E-state index contributed by atoms with van der Waals surface area (Å²) in [5, 5.41) is 23.2. The van der Waals surface area contributed by atoms with Crippen LogP contribution in [0.4, 0.5) is 17.1 Å². The van der Waals surface area contributed by atoms with Gasteiger partial charge >= 0.3 is 0 Å². The molecular formula is C26H22ClN3O6S. The number of amides is 1. The number of carbonyl (C=O) groups is 1. The first kappa shape index (κ1) is 26.1. The Bertz CT molecular complexity index is 1650. The van der Waals surface area contributed by atoms with Crippen molar-refractivity contribution < 1.29 is 27.6 Å². The molecule has 0 atom stereocenters. The van der Waals surface area contributed by atoms with E-state index in [0.29, 0.717) is 27.8 Å². The molecule has 0 radical (unpaired) electrons. The fourth-order valence-electron chi connectivity index (χ4n) is 3.77. The fourth-order valence-corrected chi connectivity index (χ4v) is 4.84. The molecule has 37 heavy (non-hydrogen) atoms. The Balaban J connectivity index is 1.79. The summed E-state index contributed by atoms with van der Waals surface area (Å²) < 4.78 is 38.0. The average molecular weight is 540 g/mol. The van der Waals surface area contributed by atoms with Gasteiger partial charge in [0.15, 0.2) is 5.75 Å². The van der Waals surface area contributed by atoms with Gasteiger partial charge in [-0.3, -0.25) is 9.35 Å².